The quantitative estimate of drug-likeness (QED) is 0.539. The number of esters is 1. The number of amides is 1. The molecule has 0 aliphatic carbocycles. The van der Waals surface area contributed by atoms with Gasteiger partial charge in [0.2, 0.25) is 5.91 Å². The number of nitrogens with one attached hydrogen (secondary N) is 2. The molecule has 0 aliphatic heterocycles. The summed E-state index contributed by atoms with van der Waals surface area (Å²) in [7, 11) is 1.28. The number of hydrogen-bond acceptors (Lipinski definition) is 5. The van der Waals surface area contributed by atoms with E-state index in [4.69, 9.17) is 0 Å². The molecule has 0 spiro atoms. The maximum absolute atomic E-state index is 12.3. The molecule has 0 unspecified atom stereocenters. The minimum atomic E-state index is -0.806. The van der Waals surface area contributed by atoms with E-state index in [0.717, 1.165) is 4.57 Å². The van der Waals surface area contributed by atoms with Crippen LogP contribution in [0.1, 0.15) is 10.4 Å². The molecule has 0 fully saturated rings. The van der Waals surface area contributed by atoms with Gasteiger partial charge in [-0.15, -0.1) is 0 Å². The normalized spacial score (nSPS) is 10.5. The van der Waals surface area contributed by atoms with Crippen LogP contribution in [-0.4, -0.2) is 28.5 Å². The van der Waals surface area contributed by atoms with Gasteiger partial charge < -0.3 is 15.0 Å². The molecule has 0 aliphatic rings. The van der Waals surface area contributed by atoms with Gasteiger partial charge in [0.15, 0.2) is 0 Å². The molecule has 2 aromatic carbocycles. The topological polar surface area (TPSA) is 110 Å². The van der Waals surface area contributed by atoms with E-state index in [1.807, 2.05) is 0 Å². The Morgan fingerprint density at radius 1 is 1.08 bits per heavy atom. The molecule has 132 valence electrons. The van der Waals surface area contributed by atoms with Crippen molar-refractivity contribution in [1.29, 1.82) is 0 Å². The molecule has 0 radical (unpaired) electrons. The van der Waals surface area contributed by atoms with Crippen LogP contribution in [0, 0.1) is 0 Å². The first-order valence-corrected chi connectivity index (χ1v) is 7.69. The monoisotopic (exact) mass is 353 g/mol. The number of para-hydroxylation sites is 2. The number of hydrogen-bond donors (Lipinski definition) is 2. The van der Waals surface area contributed by atoms with Crippen molar-refractivity contribution in [2.75, 3.05) is 12.4 Å². The number of methoxy groups -OCH3 is 1. The van der Waals surface area contributed by atoms with Crippen LogP contribution in [0.25, 0.3) is 11.0 Å². The van der Waals surface area contributed by atoms with Crippen LogP contribution in [0.3, 0.4) is 0 Å². The first kappa shape index (κ1) is 17.2. The number of aromatic amines is 1. The number of anilines is 1. The Balaban J connectivity index is 1.84. The molecule has 0 saturated carbocycles. The van der Waals surface area contributed by atoms with Crippen molar-refractivity contribution in [3.63, 3.8) is 0 Å². The minimum absolute atomic E-state index is 0.317. The van der Waals surface area contributed by atoms with Crippen molar-refractivity contribution in [2.45, 2.75) is 6.54 Å². The molecule has 1 heterocycles. The SMILES string of the molecule is COC(=O)c1ccc(NC(=O)Cn2c(=O)c(=O)[nH]c3ccccc32)cc1. The zero-order valence-corrected chi connectivity index (χ0v) is 13.8. The number of rotatable bonds is 4. The Bertz CT molecular complexity index is 1100. The van der Waals surface area contributed by atoms with Gasteiger partial charge >= 0.3 is 17.1 Å². The summed E-state index contributed by atoms with van der Waals surface area (Å²) in [5.74, 6) is -0.960. The van der Waals surface area contributed by atoms with Crippen molar-refractivity contribution in [3.8, 4) is 0 Å². The number of nitrogens with zero attached hydrogens (tertiary/aromatic N) is 1. The lowest BCUT2D eigenvalue weighted by Gasteiger charge is -2.10. The van der Waals surface area contributed by atoms with E-state index in [-0.39, 0.29) is 6.54 Å². The van der Waals surface area contributed by atoms with Gasteiger partial charge in [-0.1, -0.05) is 12.1 Å². The lowest BCUT2D eigenvalue weighted by atomic mass is 10.2. The Morgan fingerprint density at radius 3 is 2.46 bits per heavy atom. The Kier molecular flexibility index (Phi) is 4.66. The van der Waals surface area contributed by atoms with Gasteiger partial charge in [-0.05, 0) is 36.4 Å². The fraction of sp³-hybridized carbons (Fsp3) is 0.111. The second-order valence-corrected chi connectivity index (χ2v) is 5.48. The van der Waals surface area contributed by atoms with Crippen LogP contribution < -0.4 is 16.4 Å². The highest BCUT2D eigenvalue weighted by molar-refractivity contribution is 5.93. The van der Waals surface area contributed by atoms with Crippen molar-refractivity contribution in [3.05, 3.63) is 74.8 Å². The van der Waals surface area contributed by atoms with E-state index in [2.05, 4.69) is 15.0 Å². The Labute approximate surface area is 147 Å². The number of aromatic nitrogens is 2. The summed E-state index contributed by atoms with van der Waals surface area (Å²) in [5, 5.41) is 2.62. The van der Waals surface area contributed by atoms with E-state index in [0.29, 0.717) is 22.3 Å². The zero-order chi connectivity index (χ0) is 18.7. The average molecular weight is 353 g/mol. The van der Waals surface area contributed by atoms with Gasteiger partial charge in [0.25, 0.3) is 0 Å². The van der Waals surface area contributed by atoms with Crippen molar-refractivity contribution < 1.29 is 14.3 Å². The van der Waals surface area contributed by atoms with Gasteiger partial charge in [-0.3, -0.25) is 19.0 Å². The van der Waals surface area contributed by atoms with Crippen LogP contribution in [0.15, 0.2) is 58.1 Å². The number of fused-ring (bicyclic) bond motifs is 1. The summed E-state index contributed by atoms with van der Waals surface area (Å²) in [6.45, 7) is -0.317. The molecule has 0 saturated heterocycles. The smallest absolute Gasteiger partial charge is 0.337 e. The molecule has 3 rings (SSSR count). The predicted molar refractivity (Wildman–Crippen MR) is 95.2 cm³/mol. The highest BCUT2D eigenvalue weighted by atomic mass is 16.5. The predicted octanol–water partition coefficient (Wildman–Crippen LogP) is 1.12. The summed E-state index contributed by atoms with van der Waals surface area (Å²) < 4.78 is 5.72. The summed E-state index contributed by atoms with van der Waals surface area (Å²) in [6, 6.07) is 12.8. The highest BCUT2D eigenvalue weighted by Gasteiger charge is 2.12. The fourth-order valence-corrected chi connectivity index (χ4v) is 2.53. The van der Waals surface area contributed by atoms with Gasteiger partial charge in [0, 0.05) is 5.69 Å². The maximum atomic E-state index is 12.3. The molecule has 3 aromatic rings. The molecule has 1 aromatic heterocycles. The molecule has 26 heavy (non-hydrogen) atoms. The first-order chi connectivity index (χ1) is 12.5. The number of carbonyl (C=O) groups excluding carboxylic acids is 2. The van der Waals surface area contributed by atoms with Crippen LogP contribution in [0.2, 0.25) is 0 Å². The standard InChI is InChI=1S/C18H15N3O5/c1-26-18(25)11-6-8-12(9-7-11)19-15(22)10-21-14-5-3-2-4-13(14)20-16(23)17(21)24/h2-9H,10H2,1H3,(H,19,22)(H,20,23). The fourth-order valence-electron chi connectivity index (χ4n) is 2.53. The average Bonchev–Trinajstić information content (AvgIpc) is 2.65. The van der Waals surface area contributed by atoms with Gasteiger partial charge in [-0.2, -0.15) is 0 Å². The minimum Gasteiger partial charge on any atom is -0.465 e. The third-order valence-electron chi connectivity index (χ3n) is 3.77. The van der Waals surface area contributed by atoms with Crippen LogP contribution >= 0.6 is 0 Å². The molecule has 8 heteroatoms. The number of H-pyrrole nitrogens is 1. The van der Waals surface area contributed by atoms with E-state index in [1.165, 1.54) is 19.2 Å². The Hall–Kier alpha value is -3.68. The van der Waals surface area contributed by atoms with Crippen molar-refractivity contribution >= 4 is 28.6 Å². The molecule has 0 atom stereocenters. The second kappa shape index (κ2) is 7.06. The molecule has 1 amide bonds. The van der Waals surface area contributed by atoms with E-state index in [9.17, 15) is 19.2 Å². The van der Waals surface area contributed by atoms with Crippen molar-refractivity contribution in [1.82, 2.24) is 9.55 Å². The molecule has 0 bridgehead atoms. The lowest BCUT2D eigenvalue weighted by Crippen LogP contribution is -2.38. The molecule has 2 N–H and O–H groups in total. The summed E-state index contributed by atoms with van der Waals surface area (Å²) in [6.07, 6.45) is 0. The van der Waals surface area contributed by atoms with E-state index >= 15 is 0 Å². The van der Waals surface area contributed by atoms with Gasteiger partial charge in [0.1, 0.15) is 6.54 Å². The zero-order valence-electron chi connectivity index (χ0n) is 13.8. The molecule has 8 nitrogen and oxygen atoms in total. The van der Waals surface area contributed by atoms with E-state index < -0.39 is 23.0 Å². The third kappa shape index (κ3) is 3.39. The lowest BCUT2D eigenvalue weighted by molar-refractivity contribution is -0.116. The van der Waals surface area contributed by atoms with Crippen LogP contribution in [0.5, 0.6) is 0 Å². The van der Waals surface area contributed by atoms with Crippen LogP contribution in [0.4, 0.5) is 5.69 Å². The van der Waals surface area contributed by atoms with Crippen molar-refractivity contribution in [2.24, 2.45) is 0 Å². The van der Waals surface area contributed by atoms with Gasteiger partial charge in [-0.25, -0.2) is 4.79 Å². The number of carbonyl (C=O) groups is 2. The van der Waals surface area contributed by atoms with E-state index in [1.54, 1.807) is 36.4 Å². The summed E-state index contributed by atoms with van der Waals surface area (Å²) >= 11 is 0. The number of ether oxygens (including phenoxy) is 1. The second-order valence-electron chi connectivity index (χ2n) is 5.48. The highest BCUT2D eigenvalue weighted by Crippen LogP contribution is 2.11. The van der Waals surface area contributed by atoms with Crippen LogP contribution in [-0.2, 0) is 16.1 Å². The third-order valence-corrected chi connectivity index (χ3v) is 3.77. The van der Waals surface area contributed by atoms with Gasteiger partial charge in [0.05, 0.1) is 23.7 Å². The largest absolute Gasteiger partial charge is 0.465 e. The summed E-state index contributed by atoms with van der Waals surface area (Å²) in [4.78, 5) is 50.0. The molecular formula is C18H15N3O5. The Morgan fingerprint density at radius 2 is 1.77 bits per heavy atom. The first-order valence-electron chi connectivity index (χ1n) is 7.69. The maximum Gasteiger partial charge on any atom is 0.337 e. The number of benzene rings is 2. The summed E-state index contributed by atoms with van der Waals surface area (Å²) in [5.41, 5.74) is 0.117. The molecular weight excluding hydrogens is 338 g/mol.